The predicted octanol–water partition coefficient (Wildman–Crippen LogP) is 4.22. The second kappa shape index (κ2) is 5.98. The van der Waals surface area contributed by atoms with Crippen molar-refractivity contribution in [3.63, 3.8) is 0 Å². The van der Waals surface area contributed by atoms with Crippen LogP contribution in [0, 0.1) is 19.7 Å². The van der Waals surface area contributed by atoms with Crippen LogP contribution in [0.3, 0.4) is 0 Å². The fourth-order valence-corrected chi connectivity index (χ4v) is 2.33. The summed E-state index contributed by atoms with van der Waals surface area (Å²) in [6.45, 7) is 7.88. The Morgan fingerprint density at radius 3 is 2.47 bits per heavy atom. The molecule has 0 heterocycles. The van der Waals surface area contributed by atoms with Crippen molar-refractivity contribution in [2.45, 2.75) is 27.3 Å². The van der Waals surface area contributed by atoms with Crippen LogP contribution in [0.2, 0.25) is 0 Å². The average molecular weight is 257 g/mol. The Hall–Kier alpha value is -1.67. The van der Waals surface area contributed by atoms with Crippen LogP contribution in [0.15, 0.2) is 36.4 Å². The van der Waals surface area contributed by atoms with Crippen LogP contribution in [-0.2, 0) is 6.54 Å². The Balaban J connectivity index is 2.49. The molecule has 0 unspecified atom stereocenters. The number of halogens is 1. The maximum atomic E-state index is 13.5. The molecule has 2 rings (SSSR count). The molecule has 1 N–H and O–H groups in total. The number of nitrogens with one attached hydrogen (secondary N) is 1. The molecule has 100 valence electrons. The van der Waals surface area contributed by atoms with Crippen LogP contribution in [0.1, 0.15) is 23.6 Å². The Morgan fingerprint density at radius 1 is 1.00 bits per heavy atom. The molecule has 0 aliphatic rings. The minimum Gasteiger partial charge on any atom is -0.313 e. The summed E-state index contributed by atoms with van der Waals surface area (Å²) in [7, 11) is 0. The molecule has 2 aromatic rings. The summed E-state index contributed by atoms with van der Waals surface area (Å²) in [6.07, 6.45) is 0. The summed E-state index contributed by atoms with van der Waals surface area (Å²) in [4.78, 5) is 0. The van der Waals surface area contributed by atoms with E-state index in [2.05, 4.69) is 44.3 Å². The number of benzene rings is 2. The highest BCUT2D eigenvalue weighted by molar-refractivity contribution is 5.71. The SMILES string of the molecule is CCNCc1ccc(F)cc1-c1ccc(C)cc1C. The van der Waals surface area contributed by atoms with E-state index in [1.54, 1.807) is 6.07 Å². The van der Waals surface area contributed by atoms with Crippen LogP contribution < -0.4 is 5.32 Å². The van der Waals surface area contributed by atoms with Gasteiger partial charge in [0.15, 0.2) is 0 Å². The molecular weight excluding hydrogens is 237 g/mol. The fraction of sp³-hybridized carbons (Fsp3) is 0.294. The smallest absolute Gasteiger partial charge is 0.123 e. The van der Waals surface area contributed by atoms with Gasteiger partial charge in [0.25, 0.3) is 0 Å². The molecule has 2 aromatic carbocycles. The van der Waals surface area contributed by atoms with Gasteiger partial charge >= 0.3 is 0 Å². The van der Waals surface area contributed by atoms with Crippen molar-refractivity contribution < 1.29 is 4.39 Å². The van der Waals surface area contributed by atoms with E-state index in [1.165, 1.54) is 17.2 Å². The van der Waals surface area contributed by atoms with Crippen molar-refractivity contribution in [1.29, 1.82) is 0 Å². The first-order chi connectivity index (χ1) is 9.11. The normalized spacial score (nSPS) is 10.7. The highest BCUT2D eigenvalue weighted by Crippen LogP contribution is 2.28. The Morgan fingerprint density at radius 2 is 1.79 bits per heavy atom. The zero-order valence-electron chi connectivity index (χ0n) is 11.8. The van der Waals surface area contributed by atoms with E-state index in [9.17, 15) is 4.39 Å². The quantitative estimate of drug-likeness (QED) is 0.864. The van der Waals surface area contributed by atoms with E-state index in [4.69, 9.17) is 0 Å². The van der Waals surface area contributed by atoms with Crippen molar-refractivity contribution in [3.8, 4) is 11.1 Å². The lowest BCUT2D eigenvalue weighted by Gasteiger charge is -2.13. The molecule has 0 aliphatic heterocycles. The van der Waals surface area contributed by atoms with E-state index in [1.807, 2.05) is 6.07 Å². The summed E-state index contributed by atoms with van der Waals surface area (Å²) >= 11 is 0. The monoisotopic (exact) mass is 257 g/mol. The van der Waals surface area contributed by atoms with Crippen molar-refractivity contribution in [2.75, 3.05) is 6.54 Å². The van der Waals surface area contributed by atoms with Crippen LogP contribution in [0.25, 0.3) is 11.1 Å². The molecule has 0 saturated heterocycles. The Kier molecular flexibility index (Phi) is 4.33. The van der Waals surface area contributed by atoms with Gasteiger partial charge in [-0.15, -0.1) is 0 Å². The predicted molar refractivity (Wildman–Crippen MR) is 78.7 cm³/mol. The van der Waals surface area contributed by atoms with Gasteiger partial charge in [-0.05, 0) is 54.8 Å². The zero-order valence-corrected chi connectivity index (χ0v) is 11.8. The van der Waals surface area contributed by atoms with Gasteiger partial charge in [0.2, 0.25) is 0 Å². The summed E-state index contributed by atoms with van der Waals surface area (Å²) in [5, 5.41) is 3.30. The van der Waals surface area contributed by atoms with Gasteiger partial charge in [0.1, 0.15) is 5.82 Å². The highest BCUT2D eigenvalue weighted by atomic mass is 19.1. The minimum atomic E-state index is -0.185. The first kappa shape index (κ1) is 13.8. The van der Waals surface area contributed by atoms with Gasteiger partial charge in [-0.25, -0.2) is 4.39 Å². The van der Waals surface area contributed by atoms with E-state index < -0.39 is 0 Å². The number of hydrogen-bond donors (Lipinski definition) is 1. The number of hydrogen-bond acceptors (Lipinski definition) is 1. The second-order valence-electron chi connectivity index (χ2n) is 4.90. The van der Waals surface area contributed by atoms with Gasteiger partial charge in [-0.2, -0.15) is 0 Å². The van der Waals surface area contributed by atoms with E-state index in [0.717, 1.165) is 29.8 Å². The van der Waals surface area contributed by atoms with Crippen LogP contribution >= 0.6 is 0 Å². The van der Waals surface area contributed by atoms with Crippen molar-refractivity contribution in [3.05, 3.63) is 58.9 Å². The molecule has 0 spiro atoms. The maximum absolute atomic E-state index is 13.5. The molecular formula is C17H20FN. The lowest BCUT2D eigenvalue weighted by molar-refractivity contribution is 0.626. The Bertz CT molecular complexity index is 575. The van der Waals surface area contributed by atoms with Gasteiger partial charge in [-0.1, -0.05) is 36.8 Å². The molecule has 0 atom stereocenters. The number of aryl methyl sites for hydroxylation is 2. The van der Waals surface area contributed by atoms with E-state index in [-0.39, 0.29) is 5.82 Å². The summed E-state index contributed by atoms with van der Waals surface area (Å²) in [5.41, 5.74) is 5.64. The highest BCUT2D eigenvalue weighted by Gasteiger charge is 2.09. The van der Waals surface area contributed by atoms with Gasteiger partial charge in [0, 0.05) is 6.54 Å². The molecule has 2 heteroatoms. The van der Waals surface area contributed by atoms with Crippen LogP contribution in [0.5, 0.6) is 0 Å². The number of rotatable bonds is 4. The maximum Gasteiger partial charge on any atom is 0.123 e. The molecule has 0 aliphatic carbocycles. The molecule has 0 aromatic heterocycles. The third-order valence-electron chi connectivity index (χ3n) is 3.31. The lowest BCUT2D eigenvalue weighted by atomic mass is 9.94. The molecule has 19 heavy (non-hydrogen) atoms. The molecule has 0 radical (unpaired) electrons. The zero-order chi connectivity index (χ0) is 13.8. The molecule has 0 amide bonds. The van der Waals surface area contributed by atoms with Gasteiger partial charge < -0.3 is 5.32 Å². The van der Waals surface area contributed by atoms with Crippen molar-refractivity contribution >= 4 is 0 Å². The largest absolute Gasteiger partial charge is 0.313 e. The standard InChI is InChI=1S/C17H20FN/c1-4-19-11-14-6-7-15(18)10-17(14)16-8-5-12(2)9-13(16)3/h5-10,19H,4,11H2,1-3H3. The van der Waals surface area contributed by atoms with Crippen LogP contribution in [0.4, 0.5) is 4.39 Å². The minimum absolute atomic E-state index is 0.185. The van der Waals surface area contributed by atoms with Gasteiger partial charge in [0.05, 0.1) is 0 Å². The molecule has 0 bridgehead atoms. The van der Waals surface area contributed by atoms with Crippen molar-refractivity contribution in [1.82, 2.24) is 5.32 Å². The average Bonchev–Trinajstić information content (AvgIpc) is 2.37. The van der Waals surface area contributed by atoms with E-state index >= 15 is 0 Å². The topological polar surface area (TPSA) is 12.0 Å². The van der Waals surface area contributed by atoms with Crippen LogP contribution in [-0.4, -0.2) is 6.54 Å². The first-order valence-corrected chi connectivity index (χ1v) is 6.68. The Labute approximate surface area is 114 Å². The summed E-state index contributed by atoms with van der Waals surface area (Å²) in [6, 6.07) is 11.3. The third-order valence-corrected chi connectivity index (χ3v) is 3.31. The fourth-order valence-electron chi connectivity index (χ4n) is 2.33. The third kappa shape index (κ3) is 3.21. The van der Waals surface area contributed by atoms with Crippen molar-refractivity contribution in [2.24, 2.45) is 0 Å². The summed E-state index contributed by atoms with van der Waals surface area (Å²) in [5.74, 6) is -0.185. The van der Waals surface area contributed by atoms with E-state index in [0.29, 0.717) is 0 Å². The second-order valence-corrected chi connectivity index (χ2v) is 4.90. The molecule has 0 saturated carbocycles. The van der Waals surface area contributed by atoms with Gasteiger partial charge in [-0.3, -0.25) is 0 Å². The lowest BCUT2D eigenvalue weighted by Crippen LogP contribution is -2.12. The first-order valence-electron chi connectivity index (χ1n) is 6.68. The molecule has 0 fully saturated rings. The molecule has 1 nitrogen and oxygen atoms in total. The summed E-state index contributed by atoms with van der Waals surface area (Å²) < 4.78 is 13.5.